The Balaban J connectivity index is 0.00000352. The van der Waals surface area contributed by atoms with E-state index in [-0.39, 0.29) is 19.2 Å². The molecule has 6 nitrogen and oxygen atoms in total. The average Bonchev–Trinajstić information content (AvgIpc) is 2.89. The highest BCUT2D eigenvalue weighted by Gasteiger charge is 2.26. The minimum absolute atomic E-state index is 0.157. The van der Waals surface area contributed by atoms with Crippen LogP contribution in [0.25, 0.3) is 0 Å². The van der Waals surface area contributed by atoms with Gasteiger partial charge >= 0.3 is 12.1 Å². The lowest BCUT2D eigenvalue weighted by Gasteiger charge is -2.28. The van der Waals surface area contributed by atoms with Crippen LogP contribution in [0.15, 0.2) is 60.7 Å². The van der Waals surface area contributed by atoms with E-state index in [0.29, 0.717) is 13.2 Å². The van der Waals surface area contributed by atoms with Crippen LogP contribution in [0.2, 0.25) is 0 Å². The van der Waals surface area contributed by atoms with Crippen LogP contribution in [0.3, 0.4) is 0 Å². The number of hydrogen-bond acceptors (Lipinski definition) is 5. The van der Waals surface area contributed by atoms with Gasteiger partial charge in [-0.15, -0.1) is 0 Å². The van der Waals surface area contributed by atoms with Gasteiger partial charge in [-0.1, -0.05) is 74.5 Å². The zero-order valence-corrected chi connectivity index (χ0v) is 24.4. The number of amides is 1. The molecule has 0 aliphatic carbocycles. The van der Waals surface area contributed by atoms with Gasteiger partial charge in [0.15, 0.2) is 0 Å². The van der Waals surface area contributed by atoms with Crippen molar-refractivity contribution in [1.29, 1.82) is 0 Å². The van der Waals surface area contributed by atoms with Crippen molar-refractivity contribution >= 4 is 12.1 Å². The van der Waals surface area contributed by atoms with Crippen LogP contribution >= 0.6 is 0 Å². The molecule has 0 saturated carbocycles. The molecule has 0 aromatic heterocycles. The van der Waals surface area contributed by atoms with Crippen molar-refractivity contribution in [2.24, 2.45) is 0 Å². The summed E-state index contributed by atoms with van der Waals surface area (Å²) in [6, 6.07) is 20.6. The fourth-order valence-corrected chi connectivity index (χ4v) is 3.72. The molecule has 0 spiro atoms. The monoisotopic (exact) mass is 527 g/mol. The molecule has 2 aromatic rings. The first kappa shape index (κ1) is 33.2. The molecule has 6 heteroatoms. The van der Waals surface area contributed by atoms with Gasteiger partial charge in [0.2, 0.25) is 0 Å². The average molecular weight is 528 g/mol. The normalized spacial score (nSPS) is 11.6. The molecule has 1 amide bonds. The predicted molar refractivity (Wildman–Crippen MR) is 154 cm³/mol. The Morgan fingerprint density at radius 3 is 1.79 bits per heavy atom. The Bertz CT molecular complexity index is 880. The van der Waals surface area contributed by atoms with Gasteiger partial charge in [-0.25, -0.2) is 4.79 Å². The summed E-state index contributed by atoms with van der Waals surface area (Å²) in [6.45, 7) is 12.4. The Labute approximate surface area is 230 Å². The number of nitrogens with zero attached hydrogens (tertiary/aromatic N) is 1. The summed E-state index contributed by atoms with van der Waals surface area (Å²) in [4.78, 5) is 26.6. The maximum Gasteiger partial charge on any atom is 0.410 e. The predicted octanol–water partition coefficient (Wildman–Crippen LogP) is 7.24. The highest BCUT2D eigenvalue weighted by atomic mass is 16.6. The van der Waals surface area contributed by atoms with Crippen molar-refractivity contribution in [2.45, 2.75) is 91.8 Å². The third-order valence-electron chi connectivity index (χ3n) is 5.52. The second-order valence-electron chi connectivity index (χ2n) is 10.1. The zero-order chi connectivity index (χ0) is 28.2. The van der Waals surface area contributed by atoms with Crippen LogP contribution in [0.1, 0.15) is 78.4 Å². The number of carbonyl (C=O) groups excluding carboxylic acids is 2. The summed E-state index contributed by atoms with van der Waals surface area (Å²) in [7, 11) is 0. The van der Waals surface area contributed by atoms with Crippen LogP contribution in [0.4, 0.5) is 4.79 Å². The molecule has 2 aromatic carbocycles. The summed E-state index contributed by atoms with van der Waals surface area (Å²) >= 11 is 0. The van der Waals surface area contributed by atoms with Gasteiger partial charge in [-0.3, -0.25) is 9.69 Å². The Kier molecular flexibility index (Phi) is 16.8. The lowest BCUT2D eigenvalue weighted by atomic mass is 10.1. The molecule has 0 heterocycles. The van der Waals surface area contributed by atoms with E-state index in [1.165, 1.54) is 16.0 Å². The van der Waals surface area contributed by atoms with Crippen LogP contribution < -0.4 is 0 Å². The van der Waals surface area contributed by atoms with Crippen LogP contribution in [0.5, 0.6) is 0 Å². The van der Waals surface area contributed by atoms with Gasteiger partial charge < -0.3 is 14.2 Å². The van der Waals surface area contributed by atoms with Crippen LogP contribution in [-0.2, 0) is 31.8 Å². The van der Waals surface area contributed by atoms with Gasteiger partial charge in [0, 0.05) is 6.61 Å². The number of unbranched alkanes of at least 4 members (excludes halogenated alkanes) is 2. The maximum atomic E-state index is 12.7. The summed E-state index contributed by atoms with van der Waals surface area (Å²) in [5, 5.41) is 0. The van der Waals surface area contributed by atoms with E-state index in [1.807, 2.05) is 45.0 Å². The fourth-order valence-electron chi connectivity index (χ4n) is 3.72. The molecule has 1 unspecified atom stereocenters. The molecular formula is C32H49NO5. The second kappa shape index (κ2) is 19.2. The number of esters is 1. The third-order valence-corrected chi connectivity index (χ3v) is 5.52. The number of hydrogen-bond donors (Lipinski definition) is 0. The topological polar surface area (TPSA) is 65.1 Å². The first-order valence-corrected chi connectivity index (χ1v) is 14.1. The van der Waals surface area contributed by atoms with E-state index in [9.17, 15) is 9.59 Å². The SMILES string of the molecule is CC.CC(CN(CC(=O)OCCCCc1ccccc1)C(=O)OC(C)(C)C)OCCCCc1ccccc1. The lowest BCUT2D eigenvalue weighted by molar-refractivity contribution is -0.145. The van der Waals surface area contributed by atoms with E-state index < -0.39 is 17.7 Å². The first-order valence-electron chi connectivity index (χ1n) is 14.1. The van der Waals surface area contributed by atoms with Gasteiger partial charge in [0.25, 0.3) is 0 Å². The molecule has 0 saturated heterocycles. The summed E-state index contributed by atoms with van der Waals surface area (Å²) in [5.74, 6) is -0.435. The van der Waals surface area contributed by atoms with Gasteiger partial charge in [-0.05, 0) is 77.3 Å². The molecule has 38 heavy (non-hydrogen) atoms. The van der Waals surface area contributed by atoms with Gasteiger partial charge in [-0.2, -0.15) is 0 Å². The van der Waals surface area contributed by atoms with Gasteiger partial charge in [0.05, 0.1) is 19.3 Å². The standard InChI is InChI=1S/C30H43NO5.C2H6/c1-25(34-21-13-11-19-26-15-7-5-8-16-26)23-31(29(33)36-30(2,3)4)24-28(32)35-22-14-12-20-27-17-9-6-10-18-27;1-2/h5-10,15-18,25H,11-14,19-24H2,1-4H3;1-2H3. The molecule has 0 bridgehead atoms. The molecule has 0 N–H and O–H groups in total. The molecular weight excluding hydrogens is 478 g/mol. The van der Waals surface area contributed by atoms with Crippen molar-refractivity contribution in [1.82, 2.24) is 4.90 Å². The first-order chi connectivity index (χ1) is 18.2. The largest absolute Gasteiger partial charge is 0.464 e. The highest BCUT2D eigenvalue weighted by molar-refractivity contribution is 5.78. The van der Waals surface area contributed by atoms with E-state index in [0.717, 1.165) is 38.5 Å². The van der Waals surface area contributed by atoms with Crippen molar-refractivity contribution in [3.8, 4) is 0 Å². The molecule has 0 aliphatic rings. The summed E-state index contributed by atoms with van der Waals surface area (Å²) < 4.78 is 16.8. The number of ether oxygens (including phenoxy) is 3. The van der Waals surface area contributed by atoms with E-state index >= 15 is 0 Å². The Morgan fingerprint density at radius 1 is 0.789 bits per heavy atom. The van der Waals surface area contributed by atoms with E-state index in [1.54, 1.807) is 20.8 Å². The van der Waals surface area contributed by atoms with Crippen molar-refractivity contribution in [3.63, 3.8) is 0 Å². The molecule has 0 aliphatic heterocycles. The lowest BCUT2D eigenvalue weighted by Crippen LogP contribution is -2.44. The summed E-state index contributed by atoms with van der Waals surface area (Å²) in [5.41, 5.74) is 1.94. The fraction of sp³-hybridized carbons (Fsp3) is 0.562. The molecule has 1 atom stereocenters. The number of rotatable bonds is 15. The molecule has 212 valence electrons. The van der Waals surface area contributed by atoms with Gasteiger partial charge in [0.1, 0.15) is 12.1 Å². The minimum Gasteiger partial charge on any atom is -0.464 e. The van der Waals surface area contributed by atoms with Crippen molar-refractivity contribution < 1.29 is 23.8 Å². The van der Waals surface area contributed by atoms with E-state index in [4.69, 9.17) is 14.2 Å². The van der Waals surface area contributed by atoms with Crippen molar-refractivity contribution in [3.05, 3.63) is 71.8 Å². The smallest absolute Gasteiger partial charge is 0.410 e. The quantitative estimate of drug-likeness (QED) is 0.180. The molecule has 2 rings (SSSR count). The van der Waals surface area contributed by atoms with Crippen LogP contribution in [-0.4, -0.2) is 55.0 Å². The summed E-state index contributed by atoms with van der Waals surface area (Å²) in [6.07, 6.45) is 4.86. The molecule has 0 fully saturated rings. The van der Waals surface area contributed by atoms with Crippen molar-refractivity contribution in [2.75, 3.05) is 26.3 Å². The molecule has 0 radical (unpaired) electrons. The number of aryl methyl sites for hydroxylation is 2. The van der Waals surface area contributed by atoms with E-state index in [2.05, 4.69) is 36.4 Å². The Hall–Kier alpha value is -2.86. The highest BCUT2D eigenvalue weighted by Crippen LogP contribution is 2.12. The number of carbonyl (C=O) groups is 2. The zero-order valence-electron chi connectivity index (χ0n) is 24.4. The minimum atomic E-state index is -0.655. The third kappa shape index (κ3) is 16.1. The Morgan fingerprint density at radius 2 is 1.29 bits per heavy atom. The van der Waals surface area contributed by atoms with Crippen LogP contribution in [0, 0.1) is 0 Å². The number of benzene rings is 2. The second-order valence-corrected chi connectivity index (χ2v) is 10.1. The maximum absolute atomic E-state index is 12.7.